The van der Waals surface area contributed by atoms with Crippen LogP contribution in [-0.2, 0) is 12.7 Å². The number of benzene rings is 1. The molecule has 30 heavy (non-hydrogen) atoms. The van der Waals surface area contributed by atoms with Crippen LogP contribution in [-0.4, -0.2) is 35.4 Å². The number of halogens is 3. The molecule has 2 aromatic rings. The lowest BCUT2D eigenvalue weighted by Crippen LogP contribution is -2.37. The molecule has 0 aliphatic rings. The topological polar surface area (TPSA) is 104 Å². The Labute approximate surface area is 170 Å². The first-order valence-electron chi connectivity index (χ1n) is 8.81. The van der Waals surface area contributed by atoms with Crippen molar-refractivity contribution >= 4 is 12.0 Å². The van der Waals surface area contributed by atoms with Crippen LogP contribution in [0.4, 0.5) is 13.2 Å². The summed E-state index contributed by atoms with van der Waals surface area (Å²) in [4.78, 5) is 23.6. The lowest BCUT2D eigenvalue weighted by atomic mass is 10.2. The van der Waals surface area contributed by atoms with Crippen LogP contribution >= 0.6 is 0 Å². The number of alkyl halides is 3. The Morgan fingerprint density at radius 3 is 2.53 bits per heavy atom. The van der Waals surface area contributed by atoms with E-state index in [0.717, 1.165) is 5.56 Å². The number of carbonyl (C=O) groups excluding carboxylic acids is 1. The Morgan fingerprint density at radius 2 is 1.97 bits per heavy atom. The normalized spacial score (nSPS) is 12.7. The van der Waals surface area contributed by atoms with E-state index in [-0.39, 0.29) is 10.3 Å². The quantitative estimate of drug-likeness (QED) is 0.675. The number of hydrogen-bond donors (Lipinski definition) is 2. The summed E-state index contributed by atoms with van der Waals surface area (Å²) in [6.07, 6.45) is -2.71. The van der Waals surface area contributed by atoms with E-state index in [2.05, 4.69) is 0 Å². The number of nitrogens with two attached hydrogens (primary N) is 1. The van der Waals surface area contributed by atoms with Crippen LogP contribution in [0.1, 0.15) is 28.5 Å². The molecule has 10 heteroatoms. The largest absolute Gasteiger partial charge is 0.493 e. The highest BCUT2D eigenvalue weighted by atomic mass is 19.4. The third-order valence-corrected chi connectivity index (χ3v) is 4.10. The zero-order chi connectivity index (χ0) is 22.5. The summed E-state index contributed by atoms with van der Waals surface area (Å²) in [5, 5.41) is 10.2. The lowest BCUT2D eigenvalue weighted by molar-refractivity contribution is -0.144. The lowest BCUT2D eigenvalue weighted by Gasteiger charge is -2.19. The first-order chi connectivity index (χ1) is 14.1. The van der Waals surface area contributed by atoms with Gasteiger partial charge in [0.05, 0.1) is 13.7 Å². The Balaban J connectivity index is 2.24. The molecule has 3 N–H and O–H groups in total. The van der Waals surface area contributed by atoms with Crippen LogP contribution in [0.5, 0.6) is 11.5 Å². The number of nitrogens with zero attached hydrogens (tertiary/aromatic N) is 1. The van der Waals surface area contributed by atoms with Crippen molar-refractivity contribution < 1.29 is 32.5 Å². The predicted molar refractivity (Wildman–Crippen MR) is 103 cm³/mol. The number of hydrogen-bond acceptors (Lipinski definition) is 5. The molecular formula is C20H21F3N2O5. The number of aliphatic hydroxyl groups excluding tert-OH is 1. The summed E-state index contributed by atoms with van der Waals surface area (Å²) in [7, 11) is 1.42. The smallest absolute Gasteiger partial charge is 0.431 e. The zero-order valence-corrected chi connectivity index (χ0v) is 16.3. The first kappa shape index (κ1) is 23.0. The molecule has 1 atom stereocenters. The summed E-state index contributed by atoms with van der Waals surface area (Å²) in [5.74, 6) is -0.542. The number of carbonyl (C=O) groups is 1. The molecule has 7 nitrogen and oxygen atoms in total. The van der Waals surface area contributed by atoms with E-state index in [1.807, 2.05) is 19.1 Å². The highest BCUT2D eigenvalue weighted by Crippen LogP contribution is 2.30. The zero-order valence-electron chi connectivity index (χ0n) is 16.3. The van der Waals surface area contributed by atoms with Crippen LogP contribution in [0.3, 0.4) is 0 Å². The number of amides is 1. The molecule has 0 aliphatic carbocycles. The third-order valence-electron chi connectivity index (χ3n) is 4.10. The molecule has 2 rings (SSSR count). The summed E-state index contributed by atoms with van der Waals surface area (Å²) < 4.78 is 50.7. The highest BCUT2D eigenvalue weighted by molar-refractivity contribution is 5.92. The fourth-order valence-electron chi connectivity index (χ4n) is 2.74. The van der Waals surface area contributed by atoms with Crippen molar-refractivity contribution in [1.29, 1.82) is 0 Å². The minimum atomic E-state index is -4.87. The molecule has 0 saturated carbocycles. The second kappa shape index (κ2) is 9.49. The van der Waals surface area contributed by atoms with Gasteiger partial charge in [0.15, 0.2) is 11.5 Å². The second-order valence-electron chi connectivity index (χ2n) is 6.29. The van der Waals surface area contributed by atoms with Crippen molar-refractivity contribution in [1.82, 2.24) is 4.57 Å². The minimum Gasteiger partial charge on any atom is -0.493 e. The van der Waals surface area contributed by atoms with Crippen LogP contribution in [0, 0.1) is 0 Å². The molecular weight excluding hydrogens is 405 g/mol. The number of aliphatic hydroxyl groups is 1. The molecule has 0 saturated heterocycles. The van der Waals surface area contributed by atoms with Crippen LogP contribution in [0.2, 0.25) is 0 Å². The van der Waals surface area contributed by atoms with Gasteiger partial charge < -0.3 is 24.9 Å². The van der Waals surface area contributed by atoms with E-state index in [1.165, 1.54) is 7.11 Å². The van der Waals surface area contributed by atoms with Gasteiger partial charge in [-0.05, 0) is 36.8 Å². The van der Waals surface area contributed by atoms with Crippen molar-refractivity contribution in [2.45, 2.75) is 25.7 Å². The predicted octanol–water partition coefficient (Wildman–Crippen LogP) is 2.45. The fourth-order valence-corrected chi connectivity index (χ4v) is 2.74. The number of pyridine rings is 1. The number of rotatable bonds is 8. The van der Waals surface area contributed by atoms with Crippen molar-refractivity contribution in [3.05, 3.63) is 63.6 Å². The maximum atomic E-state index is 13.3. The van der Waals surface area contributed by atoms with E-state index in [0.29, 0.717) is 17.9 Å². The molecule has 0 bridgehead atoms. The molecule has 1 amide bonds. The standard InChI is InChI=1S/C20H21F3N2O5/c1-3-4-12-5-7-15(16(9-12)29-2)30-11-13(26)10-25-17(20(21,22)23)8-6-14(18(24)27)19(25)28/h3-9,13,26H,10-11H2,1-2H3,(H2,24,27)/b4-3+. The van der Waals surface area contributed by atoms with Crippen molar-refractivity contribution in [2.75, 3.05) is 13.7 Å². The van der Waals surface area contributed by atoms with E-state index < -0.39 is 48.2 Å². The van der Waals surface area contributed by atoms with Crippen LogP contribution in [0.25, 0.3) is 6.08 Å². The van der Waals surface area contributed by atoms with Gasteiger partial charge in [-0.1, -0.05) is 18.2 Å². The maximum Gasteiger partial charge on any atom is 0.431 e. The fraction of sp³-hybridized carbons (Fsp3) is 0.300. The molecule has 0 aliphatic heterocycles. The number of primary amides is 1. The van der Waals surface area contributed by atoms with Gasteiger partial charge in [-0.3, -0.25) is 9.59 Å². The average Bonchev–Trinajstić information content (AvgIpc) is 2.67. The first-order valence-corrected chi connectivity index (χ1v) is 8.81. The van der Waals surface area contributed by atoms with Gasteiger partial charge in [0.1, 0.15) is 24.0 Å². The SMILES string of the molecule is C/C=C/c1ccc(OCC(O)Cn2c(C(F)(F)F)ccc(C(N)=O)c2=O)c(OC)c1. The Hall–Kier alpha value is -3.27. The molecule has 1 unspecified atom stereocenters. The molecule has 0 spiro atoms. The number of aromatic nitrogens is 1. The van der Waals surface area contributed by atoms with E-state index in [4.69, 9.17) is 15.2 Å². The maximum absolute atomic E-state index is 13.3. The number of allylic oxidation sites excluding steroid dienone is 1. The molecule has 1 heterocycles. The Bertz CT molecular complexity index is 999. The van der Waals surface area contributed by atoms with Gasteiger partial charge in [-0.25, -0.2) is 0 Å². The van der Waals surface area contributed by atoms with E-state index >= 15 is 0 Å². The van der Waals surface area contributed by atoms with Gasteiger partial charge in [-0.15, -0.1) is 0 Å². The Kier molecular flexibility index (Phi) is 7.28. The van der Waals surface area contributed by atoms with Gasteiger partial charge in [0.2, 0.25) is 0 Å². The summed E-state index contributed by atoms with van der Waals surface area (Å²) >= 11 is 0. The van der Waals surface area contributed by atoms with Gasteiger partial charge in [0.25, 0.3) is 11.5 Å². The molecule has 0 fully saturated rings. The van der Waals surface area contributed by atoms with E-state index in [1.54, 1.807) is 18.2 Å². The minimum absolute atomic E-state index is 0.263. The summed E-state index contributed by atoms with van der Waals surface area (Å²) in [6.45, 7) is 0.662. The van der Waals surface area contributed by atoms with Crippen LogP contribution in [0.15, 0.2) is 41.2 Å². The molecule has 0 radical (unpaired) electrons. The third kappa shape index (κ3) is 5.41. The Morgan fingerprint density at radius 1 is 1.27 bits per heavy atom. The second-order valence-corrected chi connectivity index (χ2v) is 6.29. The summed E-state index contributed by atoms with van der Waals surface area (Å²) in [5.41, 5.74) is 2.70. The highest BCUT2D eigenvalue weighted by Gasteiger charge is 2.35. The number of ether oxygens (including phenoxy) is 2. The van der Waals surface area contributed by atoms with Gasteiger partial charge >= 0.3 is 6.18 Å². The molecule has 1 aromatic heterocycles. The van der Waals surface area contributed by atoms with Crippen molar-refractivity contribution in [3.8, 4) is 11.5 Å². The van der Waals surface area contributed by atoms with Gasteiger partial charge in [0, 0.05) is 0 Å². The molecule has 162 valence electrons. The van der Waals surface area contributed by atoms with E-state index in [9.17, 15) is 27.9 Å². The monoisotopic (exact) mass is 426 g/mol. The van der Waals surface area contributed by atoms with Crippen molar-refractivity contribution in [3.63, 3.8) is 0 Å². The molecule has 1 aromatic carbocycles. The van der Waals surface area contributed by atoms with Crippen LogP contribution < -0.4 is 20.8 Å². The van der Waals surface area contributed by atoms with Gasteiger partial charge in [-0.2, -0.15) is 13.2 Å². The number of methoxy groups -OCH3 is 1. The van der Waals surface area contributed by atoms with Crippen molar-refractivity contribution in [2.24, 2.45) is 5.73 Å². The summed E-state index contributed by atoms with van der Waals surface area (Å²) in [6, 6.07) is 6.28. The average molecular weight is 426 g/mol.